The number of hydrogen-bond acceptors (Lipinski definition) is 2. The molecule has 0 saturated carbocycles. The molecule has 3 heteroatoms. The zero-order valence-electron chi connectivity index (χ0n) is 10.7. The van der Waals surface area contributed by atoms with Gasteiger partial charge in [-0.15, -0.1) is 11.8 Å². The molecule has 0 aromatic heterocycles. The number of ketones is 1. The number of Topliss-reactive ketones (excluding diaryl/α,β-unsaturated/α-hetero) is 1. The van der Waals surface area contributed by atoms with Crippen molar-refractivity contribution in [1.82, 2.24) is 0 Å². The molecule has 98 valence electrons. The predicted octanol–water partition coefficient (Wildman–Crippen LogP) is 4.58. The minimum Gasteiger partial charge on any atom is -0.293 e. The summed E-state index contributed by atoms with van der Waals surface area (Å²) in [6.45, 7) is 1.97. The zero-order valence-corrected chi connectivity index (χ0v) is 11.5. The van der Waals surface area contributed by atoms with Crippen LogP contribution in [0.25, 0.3) is 0 Å². The number of carbonyl (C=O) groups is 1. The van der Waals surface area contributed by atoms with E-state index in [4.69, 9.17) is 0 Å². The predicted molar refractivity (Wildman–Crippen MR) is 77.1 cm³/mol. The Kier molecular flexibility index (Phi) is 4.74. The van der Waals surface area contributed by atoms with E-state index < -0.39 is 0 Å². The highest BCUT2D eigenvalue weighted by atomic mass is 32.2. The first-order chi connectivity index (χ1) is 9.20. The Morgan fingerprint density at radius 2 is 1.89 bits per heavy atom. The molecule has 1 atom stereocenters. The van der Waals surface area contributed by atoms with Gasteiger partial charge in [-0.05, 0) is 24.6 Å². The standard InChI is InChI=1S/C16H15FOS/c1-2-15(16(18)12-7-4-3-5-8-12)19-14-10-6-9-13(17)11-14/h3-11,15H,2H2,1H3. The van der Waals surface area contributed by atoms with E-state index in [1.807, 2.05) is 43.3 Å². The number of thioether (sulfide) groups is 1. The van der Waals surface area contributed by atoms with Crippen molar-refractivity contribution in [2.24, 2.45) is 0 Å². The largest absolute Gasteiger partial charge is 0.293 e. The molecule has 2 rings (SSSR count). The molecule has 0 bridgehead atoms. The Balaban J connectivity index is 2.15. The maximum absolute atomic E-state index is 13.1. The van der Waals surface area contributed by atoms with Crippen molar-refractivity contribution in [2.75, 3.05) is 0 Å². The molecular formula is C16H15FOS. The van der Waals surface area contributed by atoms with Crippen LogP contribution < -0.4 is 0 Å². The van der Waals surface area contributed by atoms with Crippen LogP contribution in [0, 0.1) is 5.82 Å². The molecule has 0 saturated heterocycles. The normalized spacial score (nSPS) is 12.1. The molecule has 1 unspecified atom stereocenters. The van der Waals surface area contributed by atoms with Crippen molar-refractivity contribution in [1.29, 1.82) is 0 Å². The summed E-state index contributed by atoms with van der Waals surface area (Å²) < 4.78 is 13.1. The van der Waals surface area contributed by atoms with Gasteiger partial charge in [-0.1, -0.05) is 43.3 Å². The summed E-state index contributed by atoms with van der Waals surface area (Å²) in [6.07, 6.45) is 0.717. The third kappa shape index (κ3) is 3.67. The van der Waals surface area contributed by atoms with Crippen LogP contribution in [0.4, 0.5) is 4.39 Å². The minimum absolute atomic E-state index is 0.0948. The van der Waals surface area contributed by atoms with Crippen LogP contribution >= 0.6 is 11.8 Å². The number of benzene rings is 2. The van der Waals surface area contributed by atoms with Crippen LogP contribution in [0.5, 0.6) is 0 Å². The Morgan fingerprint density at radius 3 is 2.53 bits per heavy atom. The van der Waals surface area contributed by atoms with Crippen molar-refractivity contribution in [3.05, 3.63) is 66.0 Å². The fourth-order valence-corrected chi connectivity index (χ4v) is 2.89. The average Bonchev–Trinajstić information content (AvgIpc) is 2.45. The fraction of sp³-hybridized carbons (Fsp3) is 0.188. The topological polar surface area (TPSA) is 17.1 Å². The fourth-order valence-electron chi connectivity index (χ4n) is 1.82. The number of halogens is 1. The molecule has 2 aromatic carbocycles. The van der Waals surface area contributed by atoms with Crippen LogP contribution in [0.3, 0.4) is 0 Å². The maximum atomic E-state index is 13.1. The van der Waals surface area contributed by atoms with E-state index in [-0.39, 0.29) is 16.9 Å². The monoisotopic (exact) mass is 274 g/mol. The van der Waals surface area contributed by atoms with Crippen molar-refractivity contribution in [3.63, 3.8) is 0 Å². The SMILES string of the molecule is CCC(Sc1cccc(F)c1)C(=O)c1ccccc1. The van der Waals surface area contributed by atoms with E-state index >= 15 is 0 Å². The summed E-state index contributed by atoms with van der Waals surface area (Å²) in [7, 11) is 0. The lowest BCUT2D eigenvalue weighted by Gasteiger charge is -2.13. The Bertz CT molecular complexity index is 554. The number of hydrogen-bond donors (Lipinski definition) is 0. The highest BCUT2D eigenvalue weighted by molar-refractivity contribution is 8.00. The van der Waals surface area contributed by atoms with Crippen LogP contribution in [0.1, 0.15) is 23.7 Å². The molecule has 19 heavy (non-hydrogen) atoms. The van der Waals surface area contributed by atoms with Gasteiger partial charge < -0.3 is 0 Å². The van der Waals surface area contributed by atoms with Gasteiger partial charge in [-0.25, -0.2) is 4.39 Å². The first-order valence-electron chi connectivity index (χ1n) is 6.22. The lowest BCUT2D eigenvalue weighted by molar-refractivity contribution is 0.0988. The molecule has 2 aromatic rings. The molecular weight excluding hydrogens is 259 g/mol. The van der Waals surface area contributed by atoms with Gasteiger partial charge in [0.1, 0.15) is 5.82 Å². The summed E-state index contributed by atoms with van der Waals surface area (Å²) in [6, 6.07) is 15.6. The van der Waals surface area contributed by atoms with E-state index in [2.05, 4.69) is 0 Å². The first-order valence-corrected chi connectivity index (χ1v) is 7.10. The van der Waals surface area contributed by atoms with Gasteiger partial charge in [0, 0.05) is 10.5 Å². The van der Waals surface area contributed by atoms with E-state index in [9.17, 15) is 9.18 Å². The quantitative estimate of drug-likeness (QED) is 0.586. The van der Waals surface area contributed by atoms with Gasteiger partial charge in [0.25, 0.3) is 0 Å². The molecule has 0 amide bonds. The molecule has 0 N–H and O–H groups in total. The summed E-state index contributed by atoms with van der Waals surface area (Å²) in [5, 5.41) is -0.177. The minimum atomic E-state index is -0.271. The van der Waals surface area contributed by atoms with Crippen LogP contribution in [0.15, 0.2) is 59.5 Å². The van der Waals surface area contributed by atoms with E-state index in [0.717, 1.165) is 11.3 Å². The third-order valence-corrected chi connectivity index (χ3v) is 4.15. The van der Waals surface area contributed by atoms with Crippen LogP contribution in [0.2, 0.25) is 0 Å². The van der Waals surface area contributed by atoms with Gasteiger partial charge in [-0.2, -0.15) is 0 Å². The molecule has 0 fully saturated rings. The second-order valence-electron chi connectivity index (χ2n) is 4.20. The molecule has 1 nitrogen and oxygen atoms in total. The highest BCUT2D eigenvalue weighted by Crippen LogP contribution is 2.28. The molecule has 0 radical (unpaired) electrons. The Hall–Kier alpha value is -1.61. The highest BCUT2D eigenvalue weighted by Gasteiger charge is 2.19. The summed E-state index contributed by atoms with van der Waals surface area (Å²) >= 11 is 1.42. The van der Waals surface area contributed by atoms with E-state index in [1.54, 1.807) is 6.07 Å². The van der Waals surface area contributed by atoms with Crippen LogP contribution in [-0.2, 0) is 0 Å². The van der Waals surface area contributed by atoms with Crippen molar-refractivity contribution >= 4 is 17.5 Å². The molecule has 0 spiro atoms. The maximum Gasteiger partial charge on any atom is 0.176 e. The van der Waals surface area contributed by atoms with Crippen molar-refractivity contribution < 1.29 is 9.18 Å². The second-order valence-corrected chi connectivity index (χ2v) is 5.48. The lowest BCUT2D eigenvalue weighted by Crippen LogP contribution is -2.16. The number of rotatable bonds is 5. The van der Waals surface area contributed by atoms with E-state index in [1.165, 1.54) is 23.9 Å². The molecule has 0 aliphatic carbocycles. The van der Waals surface area contributed by atoms with E-state index in [0.29, 0.717) is 5.56 Å². The Labute approximate surface area is 116 Å². The lowest BCUT2D eigenvalue weighted by atomic mass is 10.1. The summed E-state index contributed by atoms with van der Waals surface area (Å²) in [5.74, 6) is -0.177. The van der Waals surface area contributed by atoms with Gasteiger partial charge in [-0.3, -0.25) is 4.79 Å². The second kappa shape index (κ2) is 6.53. The third-order valence-electron chi connectivity index (χ3n) is 2.80. The van der Waals surface area contributed by atoms with Crippen LogP contribution in [-0.4, -0.2) is 11.0 Å². The first kappa shape index (κ1) is 13.8. The van der Waals surface area contributed by atoms with Crippen molar-refractivity contribution in [3.8, 4) is 0 Å². The van der Waals surface area contributed by atoms with Gasteiger partial charge in [0.15, 0.2) is 5.78 Å². The molecule has 0 aliphatic rings. The zero-order chi connectivity index (χ0) is 13.7. The summed E-state index contributed by atoms with van der Waals surface area (Å²) in [5.41, 5.74) is 0.707. The van der Waals surface area contributed by atoms with Crippen molar-refractivity contribution in [2.45, 2.75) is 23.5 Å². The van der Waals surface area contributed by atoms with Gasteiger partial charge in [0.2, 0.25) is 0 Å². The Morgan fingerprint density at radius 1 is 1.16 bits per heavy atom. The smallest absolute Gasteiger partial charge is 0.176 e. The number of carbonyl (C=O) groups excluding carboxylic acids is 1. The average molecular weight is 274 g/mol. The molecule has 0 aliphatic heterocycles. The summed E-state index contributed by atoms with van der Waals surface area (Å²) in [4.78, 5) is 13.1. The van der Waals surface area contributed by atoms with Gasteiger partial charge in [0.05, 0.1) is 5.25 Å². The molecule has 0 heterocycles. The van der Waals surface area contributed by atoms with Gasteiger partial charge >= 0.3 is 0 Å².